The predicted octanol–water partition coefficient (Wildman–Crippen LogP) is 5.56. The summed E-state index contributed by atoms with van der Waals surface area (Å²) in [5.41, 5.74) is 3.94. The Bertz CT molecular complexity index is 560. The largest absolute Gasteiger partial charge is 0.310 e. The third-order valence-corrected chi connectivity index (χ3v) is 4.28. The van der Waals surface area contributed by atoms with Crippen LogP contribution in [0.5, 0.6) is 0 Å². The first-order valence-corrected chi connectivity index (χ1v) is 8.56. The van der Waals surface area contributed by atoms with Crippen LogP contribution in [0.2, 0.25) is 5.02 Å². The Kier molecular flexibility index (Phi) is 6.28. The van der Waals surface area contributed by atoms with Crippen LogP contribution in [-0.2, 0) is 12.8 Å². The van der Waals surface area contributed by atoms with Crippen molar-refractivity contribution in [1.29, 1.82) is 0 Å². The van der Waals surface area contributed by atoms with Gasteiger partial charge in [0.05, 0.1) is 0 Å². The lowest BCUT2D eigenvalue weighted by atomic mass is 9.98. The van der Waals surface area contributed by atoms with Crippen LogP contribution >= 0.6 is 27.5 Å². The molecule has 0 fully saturated rings. The maximum Gasteiger partial charge on any atom is 0.0420 e. The molecule has 0 aliphatic heterocycles. The normalized spacial score (nSPS) is 12.4. The number of likely N-dealkylation sites (N-methyl/N-ethyl adjacent to an activating group) is 1. The number of aryl methyl sites for hydroxylation is 1. The summed E-state index contributed by atoms with van der Waals surface area (Å²) >= 11 is 9.70. The molecule has 0 saturated heterocycles. The van der Waals surface area contributed by atoms with Gasteiger partial charge in [-0.05, 0) is 54.3 Å². The molecule has 2 rings (SSSR count). The average Bonchev–Trinajstić information content (AvgIpc) is 2.46. The predicted molar refractivity (Wildman–Crippen MR) is 95.1 cm³/mol. The van der Waals surface area contributed by atoms with Crippen LogP contribution < -0.4 is 5.32 Å². The van der Waals surface area contributed by atoms with Gasteiger partial charge < -0.3 is 5.32 Å². The van der Waals surface area contributed by atoms with Crippen molar-refractivity contribution in [3.8, 4) is 0 Å². The first-order valence-electron chi connectivity index (χ1n) is 7.39. The van der Waals surface area contributed by atoms with Crippen molar-refractivity contribution >= 4 is 27.5 Å². The highest BCUT2D eigenvalue weighted by Gasteiger charge is 2.12. The lowest BCUT2D eigenvalue weighted by molar-refractivity contribution is 0.549. The van der Waals surface area contributed by atoms with E-state index < -0.39 is 0 Å². The highest BCUT2D eigenvalue weighted by atomic mass is 79.9. The number of halogens is 2. The van der Waals surface area contributed by atoms with E-state index in [9.17, 15) is 0 Å². The number of hydrogen-bond acceptors (Lipinski definition) is 1. The second-order valence-electron chi connectivity index (χ2n) is 5.19. The topological polar surface area (TPSA) is 12.0 Å². The summed E-state index contributed by atoms with van der Waals surface area (Å²) in [6.45, 7) is 5.24. The zero-order valence-electron chi connectivity index (χ0n) is 12.5. The van der Waals surface area contributed by atoms with Crippen LogP contribution in [0, 0.1) is 0 Å². The molecule has 21 heavy (non-hydrogen) atoms. The summed E-state index contributed by atoms with van der Waals surface area (Å²) in [7, 11) is 0. The summed E-state index contributed by atoms with van der Waals surface area (Å²) in [4.78, 5) is 0. The van der Waals surface area contributed by atoms with E-state index in [1.807, 2.05) is 12.1 Å². The Hall–Kier alpha value is -0.830. The van der Waals surface area contributed by atoms with Gasteiger partial charge in [-0.25, -0.2) is 0 Å². The van der Waals surface area contributed by atoms with Gasteiger partial charge in [0.15, 0.2) is 0 Å². The first-order chi connectivity index (χ1) is 10.1. The minimum Gasteiger partial charge on any atom is -0.310 e. The molecule has 1 unspecified atom stereocenters. The summed E-state index contributed by atoms with van der Waals surface area (Å²) in [5, 5.41) is 4.32. The zero-order valence-corrected chi connectivity index (χ0v) is 14.8. The molecule has 2 aromatic rings. The van der Waals surface area contributed by atoms with Gasteiger partial charge in [-0.15, -0.1) is 0 Å². The van der Waals surface area contributed by atoms with Gasteiger partial charge in [-0.3, -0.25) is 0 Å². The molecule has 0 saturated carbocycles. The lowest BCUT2D eigenvalue weighted by Crippen LogP contribution is -2.23. The molecule has 3 heteroatoms. The van der Waals surface area contributed by atoms with Crippen LogP contribution in [0.25, 0.3) is 0 Å². The van der Waals surface area contributed by atoms with Crippen molar-refractivity contribution in [2.24, 2.45) is 0 Å². The smallest absolute Gasteiger partial charge is 0.0420 e. The van der Waals surface area contributed by atoms with Gasteiger partial charge in [0.1, 0.15) is 0 Å². The summed E-state index contributed by atoms with van der Waals surface area (Å²) in [5.74, 6) is 0. The third-order valence-electron chi connectivity index (χ3n) is 3.61. The Morgan fingerprint density at radius 3 is 2.29 bits per heavy atom. The van der Waals surface area contributed by atoms with E-state index in [1.54, 1.807) is 0 Å². The summed E-state index contributed by atoms with van der Waals surface area (Å²) in [6, 6.07) is 15.3. The summed E-state index contributed by atoms with van der Waals surface area (Å²) in [6.07, 6.45) is 2.04. The molecule has 0 aliphatic carbocycles. The Morgan fingerprint density at radius 1 is 1.05 bits per heavy atom. The van der Waals surface area contributed by atoms with Crippen molar-refractivity contribution in [3.63, 3.8) is 0 Å². The average molecular weight is 367 g/mol. The van der Waals surface area contributed by atoms with Crippen molar-refractivity contribution in [3.05, 3.63) is 68.7 Å². The third kappa shape index (κ3) is 4.84. The quantitative estimate of drug-likeness (QED) is 0.706. The molecule has 1 nitrogen and oxygen atoms in total. The van der Waals surface area contributed by atoms with Gasteiger partial charge in [-0.1, -0.05) is 65.6 Å². The monoisotopic (exact) mass is 365 g/mol. The molecule has 0 spiro atoms. The number of rotatable bonds is 6. The van der Waals surface area contributed by atoms with Crippen molar-refractivity contribution in [2.75, 3.05) is 6.54 Å². The fourth-order valence-corrected chi connectivity index (χ4v) is 3.36. The maximum atomic E-state index is 6.18. The lowest BCUT2D eigenvalue weighted by Gasteiger charge is -2.19. The number of nitrogens with one attached hydrogen (secondary N) is 1. The molecular weight excluding hydrogens is 346 g/mol. The highest BCUT2D eigenvalue weighted by molar-refractivity contribution is 9.10. The molecule has 1 N–H and O–H groups in total. The standard InChI is InChI=1S/C18H21BrClN/c1-3-13-5-7-14(8-6-13)9-18(21-4-2)15-10-16(19)12-17(20)11-15/h5-8,10-12,18,21H,3-4,9H2,1-2H3. The van der Waals surface area contributed by atoms with Crippen molar-refractivity contribution in [1.82, 2.24) is 5.32 Å². The van der Waals surface area contributed by atoms with E-state index in [-0.39, 0.29) is 6.04 Å². The molecule has 112 valence electrons. The van der Waals surface area contributed by atoms with E-state index in [1.165, 1.54) is 16.7 Å². The van der Waals surface area contributed by atoms with E-state index in [0.29, 0.717) is 0 Å². The van der Waals surface area contributed by atoms with Crippen LogP contribution in [0.15, 0.2) is 46.9 Å². The van der Waals surface area contributed by atoms with E-state index in [0.717, 1.165) is 28.9 Å². The molecule has 0 heterocycles. The fraction of sp³-hybridized carbons (Fsp3) is 0.333. The Balaban J connectivity index is 2.21. The molecule has 1 atom stereocenters. The van der Waals surface area contributed by atoms with Crippen LogP contribution in [-0.4, -0.2) is 6.54 Å². The van der Waals surface area contributed by atoms with Gasteiger partial charge in [-0.2, -0.15) is 0 Å². The van der Waals surface area contributed by atoms with Crippen LogP contribution in [0.3, 0.4) is 0 Å². The minimum absolute atomic E-state index is 0.275. The van der Waals surface area contributed by atoms with Gasteiger partial charge in [0.2, 0.25) is 0 Å². The molecule has 0 amide bonds. The highest BCUT2D eigenvalue weighted by Crippen LogP contribution is 2.26. The zero-order chi connectivity index (χ0) is 15.2. The molecule has 0 aliphatic rings. The fourth-order valence-electron chi connectivity index (χ4n) is 2.48. The SMILES string of the molecule is CCNC(Cc1ccc(CC)cc1)c1cc(Cl)cc(Br)c1. The molecule has 0 radical (unpaired) electrons. The minimum atomic E-state index is 0.275. The van der Waals surface area contributed by atoms with E-state index in [4.69, 9.17) is 11.6 Å². The molecular formula is C18H21BrClN. The Morgan fingerprint density at radius 2 is 1.71 bits per heavy atom. The van der Waals surface area contributed by atoms with Crippen LogP contribution in [0.4, 0.5) is 0 Å². The van der Waals surface area contributed by atoms with Crippen molar-refractivity contribution in [2.45, 2.75) is 32.7 Å². The number of hydrogen-bond donors (Lipinski definition) is 1. The second kappa shape index (κ2) is 7.98. The van der Waals surface area contributed by atoms with Crippen LogP contribution in [0.1, 0.15) is 36.6 Å². The maximum absolute atomic E-state index is 6.18. The van der Waals surface area contributed by atoms with Crippen molar-refractivity contribution < 1.29 is 0 Å². The van der Waals surface area contributed by atoms with Gasteiger partial charge in [0.25, 0.3) is 0 Å². The van der Waals surface area contributed by atoms with Gasteiger partial charge >= 0.3 is 0 Å². The van der Waals surface area contributed by atoms with E-state index in [2.05, 4.69) is 65.4 Å². The Labute approximate surface area is 140 Å². The van der Waals surface area contributed by atoms with E-state index >= 15 is 0 Å². The first kappa shape index (κ1) is 16.5. The summed E-state index contributed by atoms with van der Waals surface area (Å²) < 4.78 is 1.02. The molecule has 0 bridgehead atoms. The molecule has 0 aromatic heterocycles. The number of benzene rings is 2. The second-order valence-corrected chi connectivity index (χ2v) is 6.54. The van der Waals surface area contributed by atoms with Gasteiger partial charge in [0, 0.05) is 15.5 Å². The molecule has 2 aromatic carbocycles.